The average Bonchev–Trinajstić information content (AvgIpc) is 2.69. The van der Waals surface area contributed by atoms with Gasteiger partial charge in [-0.25, -0.2) is 0 Å². The maximum absolute atomic E-state index is 12.7. The lowest BCUT2D eigenvalue weighted by atomic mass is 9.97. The van der Waals surface area contributed by atoms with Crippen molar-refractivity contribution in [3.05, 3.63) is 35.4 Å². The number of hydrogen-bond acceptors (Lipinski definition) is 2. The minimum absolute atomic E-state index is 0.128. The van der Waals surface area contributed by atoms with Gasteiger partial charge in [0.15, 0.2) is 0 Å². The summed E-state index contributed by atoms with van der Waals surface area (Å²) in [4.78, 5) is 0. The molecule has 1 aromatic carbocycles. The Morgan fingerprint density at radius 3 is 2.40 bits per heavy atom. The van der Waals surface area contributed by atoms with Gasteiger partial charge in [-0.2, -0.15) is 8.78 Å². The molecule has 0 spiro atoms. The zero-order valence-corrected chi connectivity index (χ0v) is 8.34. The molecule has 3 N–H and O–H groups in total. The van der Waals surface area contributed by atoms with Crippen LogP contribution in [0.5, 0.6) is 0 Å². The van der Waals surface area contributed by atoms with Crippen molar-refractivity contribution in [2.45, 2.75) is 18.4 Å². The summed E-state index contributed by atoms with van der Waals surface area (Å²) in [5.74, 6) is 0.449. The number of halogens is 2. The maximum atomic E-state index is 12.7. The number of rotatable bonds is 2. The Morgan fingerprint density at radius 1 is 1.27 bits per heavy atom. The Hall–Kier alpha value is -1.00. The molecule has 1 fully saturated rings. The zero-order valence-electron chi connectivity index (χ0n) is 8.34. The van der Waals surface area contributed by atoms with E-state index in [1.54, 1.807) is 12.1 Å². The molecule has 1 heterocycles. The van der Waals surface area contributed by atoms with Crippen molar-refractivity contribution in [3.8, 4) is 0 Å². The molecule has 1 unspecified atom stereocenters. The van der Waals surface area contributed by atoms with Crippen molar-refractivity contribution in [2.24, 2.45) is 5.73 Å². The summed E-state index contributed by atoms with van der Waals surface area (Å²) in [6.07, 6.45) is 1.07. The second-order valence-electron chi connectivity index (χ2n) is 3.93. The molecule has 1 atom stereocenters. The highest BCUT2D eigenvalue weighted by atomic mass is 19.3. The van der Waals surface area contributed by atoms with E-state index in [0.29, 0.717) is 5.92 Å². The van der Waals surface area contributed by atoms with Crippen molar-refractivity contribution >= 4 is 0 Å². The van der Waals surface area contributed by atoms with E-state index < -0.39 is 6.05 Å². The predicted octanol–water partition coefficient (Wildman–Crippen LogP) is 1.77. The molecule has 0 amide bonds. The van der Waals surface area contributed by atoms with Crippen LogP contribution in [0.1, 0.15) is 23.5 Å². The van der Waals surface area contributed by atoms with E-state index in [-0.39, 0.29) is 5.56 Å². The molecule has 15 heavy (non-hydrogen) atoms. The standard InChI is InChI=1S/C11H14F2N2/c12-11(13,14)10-3-1-8(2-4-10)9-5-6-15-7-9/h1-4,9,15H,5-7,14H2. The van der Waals surface area contributed by atoms with Gasteiger partial charge in [-0.15, -0.1) is 0 Å². The second-order valence-corrected chi connectivity index (χ2v) is 3.93. The van der Waals surface area contributed by atoms with Crippen molar-refractivity contribution in [2.75, 3.05) is 13.1 Å². The summed E-state index contributed by atoms with van der Waals surface area (Å²) in [5.41, 5.74) is 5.69. The lowest BCUT2D eigenvalue weighted by Crippen LogP contribution is -2.25. The molecule has 0 aliphatic carbocycles. The Bertz CT molecular complexity index is 323. The fraction of sp³-hybridized carbons (Fsp3) is 0.455. The molecule has 1 saturated heterocycles. The van der Waals surface area contributed by atoms with Gasteiger partial charge in [0, 0.05) is 12.1 Å². The summed E-state index contributed by atoms with van der Waals surface area (Å²) in [5, 5.41) is 3.24. The summed E-state index contributed by atoms with van der Waals surface area (Å²) in [6.45, 7) is 1.93. The van der Waals surface area contributed by atoms with E-state index in [1.807, 2.05) is 0 Å². The second kappa shape index (κ2) is 3.87. The third kappa shape index (κ3) is 2.33. The SMILES string of the molecule is NC(F)(F)c1ccc(C2CCNC2)cc1. The van der Waals surface area contributed by atoms with Gasteiger partial charge in [-0.05, 0) is 24.4 Å². The quantitative estimate of drug-likeness (QED) is 0.733. The van der Waals surface area contributed by atoms with Crippen LogP contribution in [0.15, 0.2) is 24.3 Å². The molecular formula is C11H14F2N2. The maximum Gasteiger partial charge on any atom is 0.326 e. The van der Waals surface area contributed by atoms with Crippen LogP contribution in [0, 0.1) is 0 Å². The highest BCUT2D eigenvalue weighted by molar-refractivity contribution is 5.28. The highest BCUT2D eigenvalue weighted by Crippen LogP contribution is 2.26. The first-order valence-corrected chi connectivity index (χ1v) is 5.05. The lowest BCUT2D eigenvalue weighted by Gasteiger charge is -2.13. The average molecular weight is 212 g/mol. The normalized spacial score (nSPS) is 21.9. The Kier molecular flexibility index (Phi) is 2.71. The van der Waals surface area contributed by atoms with Gasteiger partial charge < -0.3 is 5.32 Å². The van der Waals surface area contributed by atoms with E-state index >= 15 is 0 Å². The number of hydrogen-bond donors (Lipinski definition) is 2. The summed E-state index contributed by atoms with van der Waals surface area (Å²) < 4.78 is 25.5. The van der Waals surface area contributed by atoms with Crippen LogP contribution < -0.4 is 11.1 Å². The molecule has 82 valence electrons. The molecule has 2 rings (SSSR count). The molecule has 1 aliphatic heterocycles. The number of benzene rings is 1. The van der Waals surface area contributed by atoms with Gasteiger partial charge in [-0.3, -0.25) is 5.73 Å². The summed E-state index contributed by atoms with van der Waals surface area (Å²) in [7, 11) is 0. The van der Waals surface area contributed by atoms with Crippen molar-refractivity contribution in [1.29, 1.82) is 0 Å². The fourth-order valence-corrected chi connectivity index (χ4v) is 1.92. The molecule has 1 aliphatic rings. The topological polar surface area (TPSA) is 38.0 Å². The minimum Gasteiger partial charge on any atom is -0.316 e. The molecule has 0 saturated carbocycles. The van der Waals surface area contributed by atoms with E-state index in [4.69, 9.17) is 5.73 Å². The van der Waals surface area contributed by atoms with Crippen LogP contribution in [-0.2, 0) is 6.05 Å². The Labute approximate surface area is 87.5 Å². The first-order valence-electron chi connectivity index (χ1n) is 5.05. The monoisotopic (exact) mass is 212 g/mol. The van der Waals surface area contributed by atoms with Crippen molar-refractivity contribution in [1.82, 2.24) is 5.32 Å². The predicted molar refractivity (Wildman–Crippen MR) is 54.8 cm³/mol. The van der Waals surface area contributed by atoms with Gasteiger partial charge in [0.1, 0.15) is 0 Å². The van der Waals surface area contributed by atoms with Crippen molar-refractivity contribution in [3.63, 3.8) is 0 Å². The van der Waals surface area contributed by atoms with E-state index in [2.05, 4.69) is 5.32 Å². The van der Waals surface area contributed by atoms with Crippen LogP contribution in [0.3, 0.4) is 0 Å². The van der Waals surface area contributed by atoms with E-state index in [0.717, 1.165) is 25.1 Å². The van der Waals surface area contributed by atoms with Gasteiger partial charge in [0.25, 0.3) is 0 Å². The molecule has 1 aromatic rings. The first-order chi connectivity index (χ1) is 7.07. The van der Waals surface area contributed by atoms with Crippen LogP contribution in [-0.4, -0.2) is 13.1 Å². The molecule has 4 heteroatoms. The Morgan fingerprint density at radius 2 is 1.93 bits per heavy atom. The fourth-order valence-electron chi connectivity index (χ4n) is 1.92. The molecule has 0 aromatic heterocycles. The van der Waals surface area contributed by atoms with Gasteiger partial charge in [0.05, 0.1) is 0 Å². The van der Waals surface area contributed by atoms with Crippen LogP contribution in [0.25, 0.3) is 0 Å². The number of alkyl halides is 2. The largest absolute Gasteiger partial charge is 0.326 e. The molecule has 2 nitrogen and oxygen atoms in total. The van der Waals surface area contributed by atoms with Crippen LogP contribution in [0.2, 0.25) is 0 Å². The third-order valence-electron chi connectivity index (χ3n) is 2.83. The lowest BCUT2D eigenvalue weighted by molar-refractivity contribution is 0.00297. The molecule has 0 radical (unpaired) electrons. The van der Waals surface area contributed by atoms with Gasteiger partial charge in [0.2, 0.25) is 0 Å². The summed E-state index contributed by atoms with van der Waals surface area (Å²) >= 11 is 0. The van der Waals surface area contributed by atoms with Crippen LogP contribution >= 0.6 is 0 Å². The Balaban J connectivity index is 2.16. The number of nitrogens with one attached hydrogen (secondary N) is 1. The van der Waals surface area contributed by atoms with Gasteiger partial charge >= 0.3 is 6.05 Å². The first kappa shape index (κ1) is 10.5. The van der Waals surface area contributed by atoms with E-state index in [9.17, 15) is 8.78 Å². The van der Waals surface area contributed by atoms with Gasteiger partial charge in [-0.1, -0.05) is 24.3 Å². The third-order valence-corrected chi connectivity index (χ3v) is 2.83. The van der Waals surface area contributed by atoms with Crippen molar-refractivity contribution < 1.29 is 8.78 Å². The van der Waals surface area contributed by atoms with E-state index in [1.165, 1.54) is 12.1 Å². The van der Waals surface area contributed by atoms with Crippen LogP contribution in [0.4, 0.5) is 8.78 Å². The smallest absolute Gasteiger partial charge is 0.316 e. The minimum atomic E-state index is -3.23. The number of nitrogens with two attached hydrogens (primary N) is 1. The zero-order chi connectivity index (χ0) is 10.9. The highest BCUT2D eigenvalue weighted by Gasteiger charge is 2.25. The summed E-state index contributed by atoms with van der Waals surface area (Å²) in [6, 6.07) is 3.08. The molecular weight excluding hydrogens is 198 g/mol. The molecule has 0 bridgehead atoms.